The number of allylic oxidation sites excluding steroid dienone is 1. The highest BCUT2D eigenvalue weighted by Gasteiger charge is 2.14. The fourth-order valence-corrected chi connectivity index (χ4v) is 0.731. The van der Waals surface area contributed by atoms with Gasteiger partial charge in [0.2, 0.25) is 0 Å². The summed E-state index contributed by atoms with van der Waals surface area (Å²) in [4.78, 5) is 24.4. The lowest BCUT2D eigenvalue weighted by Gasteiger charge is -2.19. The van der Waals surface area contributed by atoms with E-state index in [1.165, 1.54) is 12.2 Å². The standard InChI is InChI=1S/C10H15N3O3/c1-10(2,3)16-9(15)12-6-4-5-8(14)7-13-11/h4-5,7H,6H2,1-3H3,(H,12,15)/b5-4+. The zero-order valence-electron chi connectivity index (χ0n) is 9.56. The molecule has 6 heteroatoms. The number of hydrogen-bond acceptors (Lipinski definition) is 3. The lowest BCUT2D eigenvalue weighted by Crippen LogP contribution is -2.32. The summed E-state index contributed by atoms with van der Waals surface area (Å²) in [7, 11) is 0. The summed E-state index contributed by atoms with van der Waals surface area (Å²) < 4.78 is 4.96. The van der Waals surface area contributed by atoms with Crippen molar-refractivity contribution in [3.63, 3.8) is 0 Å². The number of nitrogens with zero attached hydrogens (tertiary/aromatic N) is 2. The van der Waals surface area contributed by atoms with Gasteiger partial charge in [0.1, 0.15) is 5.60 Å². The Labute approximate surface area is 93.9 Å². The summed E-state index contributed by atoms with van der Waals surface area (Å²) in [5.41, 5.74) is 7.49. The Morgan fingerprint density at radius 1 is 1.44 bits per heavy atom. The van der Waals surface area contributed by atoms with Crippen LogP contribution in [0.1, 0.15) is 20.8 Å². The highest BCUT2D eigenvalue weighted by atomic mass is 16.6. The quantitative estimate of drug-likeness (QED) is 0.334. The normalized spacial score (nSPS) is 10.7. The van der Waals surface area contributed by atoms with Crippen LogP contribution in [-0.4, -0.2) is 35.0 Å². The van der Waals surface area contributed by atoms with Crippen molar-refractivity contribution in [3.8, 4) is 0 Å². The highest BCUT2D eigenvalue weighted by Crippen LogP contribution is 2.05. The van der Waals surface area contributed by atoms with Crippen LogP contribution >= 0.6 is 0 Å². The van der Waals surface area contributed by atoms with E-state index in [9.17, 15) is 9.59 Å². The van der Waals surface area contributed by atoms with Gasteiger partial charge >= 0.3 is 12.3 Å². The Morgan fingerprint density at radius 2 is 2.06 bits per heavy atom. The maximum absolute atomic E-state index is 11.1. The van der Waals surface area contributed by atoms with Gasteiger partial charge in [0.05, 0.1) is 0 Å². The van der Waals surface area contributed by atoms with Crippen molar-refractivity contribution >= 4 is 18.1 Å². The molecule has 0 atom stereocenters. The Bertz CT molecular complexity index is 336. The zero-order chi connectivity index (χ0) is 12.6. The summed E-state index contributed by atoms with van der Waals surface area (Å²) in [5, 5.41) is 2.43. The third-order valence-electron chi connectivity index (χ3n) is 1.23. The van der Waals surface area contributed by atoms with Gasteiger partial charge in [0, 0.05) is 6.54 Å². The third-order valence-corrected chi connectivity index (χ3v) is 1.23. The Kier molecular flexibility index (Phi) is 5.74. The number of hydrogen-bond donors (Lipinski definition) is 1. The molecule has 88 valence electrons. The van der Waals surface area contributed by atoms with Gasteiger partial charge in [-0.15, -0.1) is 0 Å². The average molecular weight is 225 g/mol. The molecule has 0 aromatic rings. The molecule has 0 rings (SSSR count). The first kappa shape index (κ1) is 14.1. The minimum absolute atomic E-state index is 0.167. The molecule has 0 heterocycles. The van der Waals surface area contributed by atoms with Crippen molar-refractivity contribution in [1.82, 2.24) is 5.32 Å². The zero-order valence-corrected chi connectivity index (χ0v) is 9.56. The molecule has 0 spiro atoms. The molecule has 0 aromatic carbocycles. The van der Waals surface area contributed by atoms with Gasteiger partial charge in [-0.2, -0.15) is 4.79 Å². The first-order valence-corrected chi connectivity index (χ1v) is 4.70. The van der Waals surface area contributed by atoms with Crippen molar-refractivity contribution < 1.29 is 19.1 Å². The third kappa shape index (κ3) is 8.65. The van der Waals surface area contributed by atoms with E-state index in [1.54, 1.807) is 20.8 Å². The van der Waals surface area contributed by atoms with Crippen LogP contribution in [0.25, 0.3) is 5.53 Å². The van der Waals surface area contributed by atoms with Gasteiger partial charge < -0.3 is 15.6 Å². The second kappa shape index (κ2) is 6.53. The van der Waals surface area contributed by atoms with Crippen molar-refractivity contribution in [2.75, 3.05) is 6.54 Å². The number of alkyl carbamates (subject to hydrolysis) is 1. The predicted octanol–water partition coefficient (Wildman–Crippen LogP) is 0.937. The Morgan fingerprint density at radius 3 is 2.56 bits per heavy atom. The molecule has 1 N–H and O–H groups in total. The fourth-order valence-electron chi connectivity index (χ4n) is 0.731. The first-order chi connectivity index (χ1) is 7.35. The smallest absolute Gasteiger partial charge is 0.407 e. The Hall–Kier alpha value is -1.94. The fraction of sp³-hybridized carbons (Fsp3) is 0.500. The molecule has 0 fully saturated rings. The van der Waals surface area contributed by atoms with Crippen LogP contribution in [0.5, 0.6) is 0 Å². The molecule has 1 amide bonds. The minimum Gasteiger partial charge on any atom is -0.444 e. The molecule has 0 aromatic heterocycles. The second-order valence-corrected chi connectivity index (χ2v) is 3.93. The molecule has 0 aliphatic rings. The van der Waals surface area contributed by atoms with Crippen LogP contribution < -0.4 is 5.32 Å². The van der Waals surface area contributed by atoms with Crippen molar-refractivity contribution in [1.29, 1.82) is 0 Å². The molecule has 0 bridgehead atoms. The van der Waals surface area contributed by atoms with E-state index in [0.717, 1.165) is 6.21 Å². The van der Waals surface area contributed by atoms with Crippen LogP contribution in [0, 0.1) is 0 Å². The summed E-state index contributed by atoms with van der Waals surface area (Å²) in [6.45, 7) is 5.43. The summed E-state index contributed by atoms with van der Waals surface area (Å²) in [5.74, 6) is -0.464. The first-order valence-electron chi connectivity index (χ1n) is 4.70. The second-order valence-electron chi connectivity index (χ2n) is 3.93. The number of nitrogens with one attached hydrogen (secondary N) is 1. The van der Waals surface area contributed by atoms with E-state index >= 15 is 0 Å². The number of carbonyl (C=O) groups is 2. The molecule has 0 aliphatic heterocycles. The maximum atomic E-state index is 11.1. The highest BCUT2D eigenvalue weighted by molar-refractivity contribution is 6.30. The molecule has 0 saturated carbocycles. The van der Waals surface area contributed by atoms with E-state index in [1.807, 2.05) is 0 Å². The predicted molar refractivity (Wildman–Crippen MR) is 58.1 cm³/mol. The van der Waals surface area contributed by atoms with Gasteiger partial charge in [-0.1, -0.05) is 6.08 Å². The summed E-state index contributed by atoms with van der Waals surface area (Å²) >= 11 is 0. The largest absolute Gasteiger partial charge is 0.444 e. The summed E-state index contributed by atoms with van der Waals surface area (Å²) in [6.07, 6.45) is 2.80. The van der Waals surface area contributed by atoms with E-state index in [-0.39, 0.29) is 6.54 Å². The average Bonchev–Trinajstić information content (AvgIpc) is 2.10. The van der Waals surface area contributed by atoms with Crippen LogP contribution in [-0.2, 0) is 9.53 Å². The minimum atomic E-state index is -0.555. The molecule has 16 heavy (non-hydrogen) atoms. The van der Waals surface area contributed by atoms with Gasteiger partial charge in [-0.05, 0) is 26.8 Å². The number of carbonyl (C=O) groups excluding carboxylic acids is 2. The van der Waals surface area contributed by atoms with E-state index in [4.69, 9.17) is 10.3 Å². The maximum Gasteiger partial charge on any atom is 0.407 e. The molecular formula is C10H15N3O3. The Balaban J connectivity index is 3.87. The molecular weight excluding hydrogens is 210 g/mol. The van der Waals surface area contributed by atoms with Crippen molar-refractivity contribution in [2.45, 2.75) is 26.4 Å². The van der Waals surface area contributed by atoms with E-state index in [2.05, 4.69) is 10.1 Å². The molecule has 0 radical (unpaired) electrons. The van der Waals surface area contributed by atoms with Gasteiger partial charge in [-0.25, -0.2) is 4.79 Å². The SMILES string of the molecule is CC(C)(C)OC(=O)NC/C=C/C(=O)C=[N+]=[N-]. The monoisotopic (exact) mass is 225 g/mol. The lowest BCUT2D eigenvalue weighted by atomic mass is 10.2. The van der Waals surface area contributed by atoms with Crippen LogP contribution in [0.15, 0.2) is 12.2 Å². The van der Waals surface area contributed by atoms with Crippen LogP contribution in [0.3, 0.4) is 0 Å². The van der Waals surface area contributed by atoms with Crippen molar-refractivity contribution in [3.05, 3.63) is 17.7 Å². The van der Waals surface area contributed by atoms with Gasteiger partial charge in [-0.3, -0.25) is 4.79 Å². The van der Waals surface area contributed by atoms with Crippen LogP contribution in [0.4, 0.5) is 4.79 Å². The van der Waals surface area contributed by atoms with E-state index in [0.29, 0.717) is 0 Å². The number of amides is 1. The number of ketones is 1. The van der Waals surface area contributed by atoms with Gasteiger partial charge in [0.15, 0.2) is 0 Å². The number of ether oxygens (including phenoxy) is 1. The lowest BCUT2D eigenvalue weighted by molar-refractivity contribution is -0.111. The van der Waals surface area contributed by atoms with Gasteiger partial charge in [0.25, 0.3) is 5.78 Å². The molecule has 0 unspecified atom stereocenters. The number of rotatable bonds is 4. The molecule has 0 aliphatic carbocycles. The van der Waals surface area contributed by atoms with Crippen LogP contribution in [0.2, 0.25) is 0 Å². The topological polar surface area (TPSA) is 91.8 Å². The van der Waals surface area contributed by atoms with E-state index < -0.39 is 17.5 Å². The summed E-state index contributed by atoms with van der Waals surface area (Å²) in [6, 6.07) is 0. The molecule has 0 saturated heterocycles. The molecule has 6 nitrogen and oxygen atoms in total. The van der Waals surface area contributed by atoms with Crippen molar-refractivity contribution in [2.24, 2.45) is 0 Å².